The molecule has 0 saturated carbocycles. The fourth-order valence-electron chi connectivity index (χ4n) is 4.15. The van der Waals surface area contributed by atoms with Crippen molar-refractivity contribution in [2.45, 2.75) is 65.1 Å². The number of piperidine rings is 2. The van der Waals surface area contributed by atoms with Crippen LogP contribution in [0.1, 0.15) is 47.0 Å². The van der Waals surface area contributed by atoms with Crippen LogP contribution in [0.25, 0.3) is 0 Å². The number of fused-ring (bicyclic) bond motifs is 2. The molecule has 0 spiro atoms. The van der Waals surface area contributed by atoms with Crippen molar-refractivity contribution in [1.82, 2.24) is 15.1 Å². The van der Waals surface area contributed by atoms with Gasteiger partial charge in [0, 0.05) is 37.8 Å². The van der Waals surface area contributed by atoms with Crippen LogP contribution < -0.4 is 5.32 Å². The van der Waals surface area contributed by atoms with Gasteiger partial charge in [-0.3, -0.25) is 9.80 Å². The molecule has 4 heterocycles. The summed E-state index contributed by atoms with van der Waals surface area (Å²) in [6.07, 6.45) is 4.24. The second-order valence-corrected chi connectivity index (χ2v) is 6.50. The summed E-state index contributed by atoms with van der Waals surface area (Å²) in [6, 6.07) is 2.49. The van der Waals surface area contributed by atoms with E-state index in [1.165, 1.54) is 52.0 Å². The lowest BCUT2D eigenvalue weighted by Gasteiger charge is -2.58. The standard InChI is InChI=1S/C14H27N3.C2H6/c1-11(2)17-13-7-14(17)10-16(9-13)8-12-3-5-15-6-4-12;1-2/h11-15H,3-10H2,1-2H3;1-2H3. The number of hydrogen-bond acceptors (Lipinski definition) is 3. The monoisotopic (exact) mass is 267 g/mol. The van der Waals surface area contributed by atoms with Crippen molar-refractivity contribution < 1.29 is 0 Å². The lowest BCUT2D eigenvalue weighted by Crippen LogP contribution is -2.70. The van der Waals surface area contributed by atoms with Crippen LogP contribution in [0, 0.1) is 5.92 Å². The Morgan fingerprint density at radius 1 is 1.05 bits per heavy atom. The Balaban J connectivity index is 0.000000637. The van der Waals surface area contributed by atoms with E-state index in [2.05, 4.69) is 29.0 Å². The molecule has 2 bridgehead atoms. The largest absolute Gasteiger partial charge is 0.317 e. The summed E-state index contributed by atoms with van der Waals surface area (Å²) < 4.78 is 0. The zero-order valence-corrected chi connectivity index (χ0v) is 13.4. The molecule has 2 unspecified atom stereocenters. The molecule has 0 aromatic carbocycles. The molecule has 0 aliphatic carbocycles. The van der Waals surface area contributed by atoms with Crippen molar-refractivity contribution in [3.63, 3.8) is 0 Å². The zero-order valence-electron chi connectivity index (χ0n) is 13.4. The van der Waals surface area contributed by atoms with Gasteiger partial charge in [0.05, 0.1) is 0 Å². The van der Waals surface area contributed by atoms with Gasteiger partial charge in [0.1, 0.15) is 0 Å². The average molecular weight is 267 g/mol. The summed E-state index contributed by atoms with van der Waals surface area (Å²) in [5, 5.41) is 3.46. The van der Waals surface area contributed by atoms with Crippen molar-refractivity contribution >= 4 is 0 Å². The molecule has 0 aromatic heterocycles. The Labute approximate surface area is 119 Å². The fraction of sp³-hybridized carbons (Fsp3) is 1.00. The van der Waals surface area contributed by atoms with Gasteiger partial charge in [-0.15, -0.1) is 0 Å². The summed E-state index contributed by atoms with van der Waals surface area (Å²) >= 11 is 0. The minimum atomic E-state index is 0.750. The van der Waals surface area contributed by atoms with Crippen molar-refractivity contribution in [1.29, 1.82) is 0 Å². The number of piperazine rings is 1. The predicted molar refractivity (Wildman–Crippen MR) is 82.5 cm³/mol. The van der Waals surface area contributed by atoms with Gasteiger partial charge in [0.25, 0.3) is 0 Å². The maximum absolute atomic E-state index is 3.46. The first-order chi connectivity index (χ1) is 9.24. The first kappa shape index (κ1) is 15.3. The molecule has 4 fully saturated rings. The minimum absolute atomic E-state index is 0.750. The van der Waals surface area contributed by atoms with Crippen LogP contribution in [0.3, 0.4) is 0 Å². The van der Waals surface area contributed by atoms with Gasteiger partial charge >= 0.3 is 0 Å². The van der Waals surface area contributed by atoms with Gasteiger partial charge in [-0.05, 0) is 52.1 Å². The first-order valence-corrected chi connectivity index (χ1v) is 8.44. The summed E-state index contributed by atoms with van der Waals surface area (Å²) in [4.78, 5) is 5.48. The topological polar surface area (TPSA) is 18.5 Å². The van der Waals surface area contributed by atoms with Crippen LogP contribution in [0.4, 0.5) is 0 Å². The minimum Gasteiger partial charge on any atom is -0.317 e. The third-order valence-electron chi connectivity index (χ3n) is 4.90. The molecule has 4 aliphatic rings. The summed E-state index contributed by atoms with van der Waals surface area (Å²) in [7, 11) is 0. The molecule has 2 atom stereocenters. The molecule has 112 valence electrons. The van der Waals surface area contributed by atoms with Gasteiger partial charge in [0.15, 0.2) is 0 Å². The lowest BCUT2D eigenvalue weighted by molar-refractivity contribution is -0.0914. The van der Waals surface area contributed by atoms with E-state index in [9.17, 15) is 0 Å². The lowest BCUT2D eigenvalue weighted by atomic mass is 9.85. The second-order valence-electron chi connectivity index (χ2n) is 6.50. The third kappa shape index (κ3) is 3.50. The van der Waals surface area contributed by atoms with Gasteiger partial charge in [-0.1, -0.05) is 13.8 Å². The van der Waals surface area contributed by atoms with Crippen molar-refractivity contribution in [2.75, 3.05) is 32.7 Å². The fourth-order valence-corrected chi connectivity index (χ4v) is 4.15. The molecule has 3 heteroatoms. The molecule has 4 rings (SSSR count). The quantitative estimate of drug-likeness (QED) is 0.845. The molecule has 19 heavy (non-hydrogen) atoms. The maximum Gasteiger partial charge on any atom is 0.0244 e. The molecular formula is C16H33N3. The number of nitrogens with zero attached hydrogens (tertiary/aromatic N) is 2. The van der Waals surface area contributed by atoms with Gasteiger partial charge < -0.3 is 5.32 Å². The van der Waals surface area contributed by atoms with Crippen molar-refractivity contribution in [2.24, 2.45) is 5.92 Å². The van der Waals surface area contributed by atoms with E-state index < -0.39 is 0 Å². The van der Waals surface area contributed by atoms with E-state index in [-0.39, 0.29) is 0 Å². The molecule has 3 nitrogen and oxygen atoms in total. The van der Waals surface area contributed by atoms with E-state index in [0.717, 1.165) is 24.0 Å². The normalized spacial score (nSPS) is 32.7. The van der Waals surface area contributed by atoms with Crippen molar-refractivity contribution in [3.05, 3.63) is 0 Å². The highest BCUT2D eigenvalue weighted by atomic mass is 15.4. The van der Waals surface area contributed by atoms with Gasteiger partial charge in [-0.2, -0.15) is 0 Å². The van der Waals surface area contributed by atoms with E-state index >= 15 is 0 Å². The Morgan fingerprint density at radius 2 is 1.63 bits per heavy atom. The molecule has 0 radical (unpaired) electrons. The van der Waals surface area contributed by atoms with Crippen LogP contribution in [-0.2, 0) is 0 Å². The Kier molecular flexibility index (Phi) is 5.67. The van der Waals surface area contributed by atoms with E-state index in [0.29, 0.717) is 0 Å². The second kappa shape index (κ2) is 7.05. The number of nitrogens with one attached hydrogen (secondary N) is 1. The Morgan fingerprint density at radius 3 is 2.16 bits per heavy atom. The van der Waals surface area contributed by atoms with E-state index in [1.54, 1.807) is 0 Å². The summed E-state index contributed by atoms with van der Waals surface area (Å²) in [6.45, 7) is 15.2. The van der Waals surface area contributed by atoms with Gasteiger partial charge in [0.2, 0.25) is 0 Å². The molecule has 0 amide bonds. The van der Waals surface area contributed by atoms with Crippen LogP contribution in [-0.4, -0.2) is 60.6 Å². The molecular weight excluding hydrogens is 234 g/mol. The third-order valence-corrected chi connectivity index (χ3v) is 4.90. The van der Waals surface area contributed by atoms with Gasteiger partial charge in [-0.25, -0.2) is 0 Å². The van der Waals surface area contributed by atoms with Crippen LogP contribution >= 0.6 is 0 Å². The van der Waals surface area contributed by atoms with E-state index in [4.69, 9.17) is 0 Å². The summed E-state index contributed by atoms with van der Waals surface area (Å²) in [5.74, 6) is 0.959. The van der Waals surface area contributed by atoms with Crippen LogP contribution in [0.15, 0.2) is 0 Å². The summed E-state index contributed by atoms with van der Waals surface area (Å²) in [5.41, 5.74) is 0. The first-order valence-electron chi connectivity index (χ1n) is 8.44. The van der Waals surface area contributed by atoms with Crippen LogP contribution in [0.2, 0.25) is 0 Å². The van der Waals surface area contributed by atoms with E-state index in [1.807, 2.05) is 13.8 Å². The highest BCUT2D eigenvalue weighted by Crippen LogP contribution is 2.34. The zero-order chi connectivity index (χ0) is 13.8. The molecule has 0 aromatic rings. The predicted octanol–water partition coefficient (Wildman–Crippen LogP) is 2.18. The Bertz CT molecular complexity index is 249. The number of hydrogen-bond donors (Lipinski definition) is 1. The molecule has 1 N–H and O–H groups in total. The number of rotatable bonds is 3. The average Bonchev–Trinajstić information content (AvgIpc) is 2.41. The Hall–Kier alpha value is -0.120. The highest BCUT2D eigenvalue weighted by Gasteiger charge is 2.45. The van der Waals surface area contributed by atoms with Crippen molar-refractivity contribution in [3.8, 4) is 0 Å². The molecule has 4 aliphatic heterocycles. The van der Waals surface area contributed by atoms with Crippen LogP contribution in [0.5, 0.6) is 0 Å². The molecule has 4 saturated heterocycles. The highest BCUT2D eigenvalue weighted by molar-refractivity contribution is 5.02. The maximum atomic E-state index is 3.46. The smallest absolute Gasteiger partial charge is 0.0244 e. The SMILES string of the molecule is CC.CC(C)N1C2CC1CN(CC1CCNCC1)C2.